The topological polar surface area (TPSA) is 18.5 Å². The van der Waals surface area contributed by atoms with E-state index in [1.165, 1.54) is 58.3 Å². The summed E-state index contributed by atoms with van der Waals surface area (Å²) in [5.74, 6) is 0. The molecular formula is C16H33N3. The molecule has 0 aliphatic carbocycles. The van der Waals surface area contributed by atoms with Crippen molar-refractivity contribution in [1.29, 1.82) is 0 Å². The van der Waals surface area contributed by atoms with Gasteiger partial charge in [-0.15, -0.1) is 0 Å². The fourth-order valence-corrected chi connectivity index (χ4v) is 3.71. The van der Waals surface area contributed by atoms with E-state index in [0.29, 0.717) is 6.04 Å². The lowest BCUT2D eigenvalue weighted by Gasteiger charge is -2.29. The molecule has 3 unspecified atom stereocenters. The summed E-state index contributed by atoms with van der Waals surface area (Å²) in [7, 11) is 0. The summed E-state index contributed by atoms with van der Waals surface area (Å²) in [5.41, 5.74) is 0. The third kappa shape index (κ3) is 4.44. The van der Waals surface area contributed by atoms with Gasteiger partial charge < -0.3 is 5.32 Å². The average Bonchev–Trinajstić information content (AvgIpc) is 3.05. The minimum absolute atomic E-state index is 0.654. The molecule has 0 aromatic rings. The van der Waals surface area contributed by atoms with E-state index in [-0.39, 0.29) is 0 Å². The number of rotatable bonds is 7. The van der Waals surface area contributed by atoms with Crippen molar-refractivity contribution in [3.8, 4) is 0 Å². The molecule has 19 heavy (non-hydrogen) atoms. The SMILES string of the molecule is CCCNC(C)CC(C)N1CCC(N2CCCC2)C1. The fraction of sp³-hybridized carbons (Fsp3) is 1.00. The van der Waals surface area contributed by atoms with Crippen molar-refractivity contribution in [1.82, 2.24) is 15.1 Å². The Morgan fingerprint density at radius 2 is 1.89 bits per heavy atom. The van der Waals surface area contributed by atoms with Gasteiger partial charge in [0.15, 0.2) is 0 Å². The van der Waals surface area contributed by atoms with E-state index in [2.05, 4.69) is 35.9 Å². The Labute approximate surface area is 119 Å². The molecule has 2 aliphatic heterocycles. The van der Waals surface area contributed by atoms with Gasteiger partial charge in [0, 0.05) is 31.2 Å². The van der Waals surface area contributed by atoms with Gasteiger partial charge in [0.2, 0.25) is 0 Å². The molecule has 3 heteroatoms. The molecule has 2 rings (SSSR count). The molecule has 2 heterocycles. The Morgan fingerprint density at radius 1 is 1.16 bits per heavy atom. The Hall–Kier alpha value is -0.120. The van der Waals surface area contributed by atoms with Gasteiger partial charge in [-0.2, -0.15) is 0 Å². The molecule has 0 aromatic carbocycles. The van der Waals surface area contributed by atoms with Crippen LogP contribution in [-0.2, 0) is 0 Å². The lowest BCUT2D eigenvalue weighted by Crippen LogP contribution is -2.40. The number of nitrogens with zero attached hydrogens (tertiary/aromatic N) is 2. The van der Waals surface area contributed by atoms with Gasteiger partial charge in [0.25, 0.3) is 0 Å². The van der Waals surface area contributed by atoms with Crippen LogP contribution in [0.3, 0.4) is 0 Å². The normalized spacial score (nSPS) is 28.9. The third-order valence-corrected chi connectivity index (χ3v) is 4.91. The van der Waals surface area contributed by atoms with Gasteiger partial charge in [-0.05, 0) is 65.6 Å². The minimum Gasteiger partial charge on any atom is -0.314 e. The molecule has 0 radical (unpaired) electrons. The van der Waals surface area contributed by atoms with Crippen LogP contribution < -0.4 is 5.32 Å². The van der Waals surface area contributed by atoms with Crippen LogP contribution in [0.25, 0.3) is 0 Å². The van der Waals surface area contributed by atoms with E-state index in [1.54, 1.807) is 0 Å². The maximum atomic E-state index is 3.62. The highest BCUT2D eigenvalue weighted by atomic mass is 15.3. The van der Waals surface area contributed by atoms with Crippen molar-refractivity contribution in [2.24, 2.45) is 0 Å². The van der Waals surface area contributed by atoms with Gasteiger partial charge in [0.1, 0.15) is 0 Å². The smallest absolute Gasteiger partial charge is 0.0235 e. The Morgan fingerprint density at radius 3 is 2.58 bits per heavy atom. The summed E-state index contributed by atoms with van der Waals surface area (Å²) in [6.45, 7) is 13.5. The summed E-state index contributed by atoms with van der Waals surface area (Å²) in [4.78, 5) is 5.44. The molecule has 0 aromatic heterocycles. The quantitative estimate of drug-likeness (QED) is 0.764. The lowest BCUT2D eigenvalue weighted by molar-refractivity contribution is 0.194. The van der Waals surface area contributed by atoms with Crippen molar-refractivity contribution in [3.05, 3.63) is 0 Å². The highest BCUT2D eigenvalue weighted by Crippen LogP contribution is 2.23. The van der Waals surface area contributed by atoms with Crippen molar-refractivity contribution in [2.45, 2.75) is 71.0 Å². The third-order valence-electron chi connectivity index (χ3n) is 4.91. The van der Waals surface area contributed by atoms with Crippen molar-refractivity contribution in [3.63, 3.8) is 0 Å². The molecule has 0 amide bonds. The fourth-order valence-electron chi connectivity index (χ4n) is 3.71. The van der Waals surface area contributed by atoms with Crippen LogP contribution in [0.5, 0.6) is 0 Å². The average molecular weight is 267 g/mol. The zero-order valence-electron chi connectivity index (χ0n) is 13.2. The molecular weight excluding hydrogens is 234 g/mol. The molecule has 0 saturated carbocycles. The largest absolute Gasteiger partial charge is 0.314 e. The molecule has 2 fully saturated rings. The van der Waals surface area contributed by atoms with Crippen molar-refractivity contribution in [2.75, 3.05) is 32.7 Å². The predicted molar refractivity (Wildman–Crippen MR) is 82.6 cm³/mol. The second-order valence-corrected chi connectivity index (χ2v) is 6.62. The maximum absolute atomic E-state index is 3.62. The first kappa shape index (κ1) is 15.3. The van der Waals surface area contributed by atoms with E-state index in [0.717, 1.165) is 18.6 Å². The molecule has 2 saturated heterocycles. The minimum atomic E-state index is 0.654. The van der Waals surface area contributed by atoms with Gasteiger partial charge >= 0.3 is 0 Å². The van der Waals surface area contributed by atoms with E-state index in [9.17, 15) is 0 Å². The molecule has 2 aliphatic rings. The number of hydrogen-bond acceptors (Lipinski definition) is 3. The summed E-state index contributed by atoms with van der Waals surface area (Å²) in [6.07, 6.45) is 6.75. The molecule has 3 atom stereocenters. The lowest BCUT2D eigenvalue weighted by atomic mass is 10.1. The van der Waals surface area contributed by atoms with Crippen LogP contribution in [0.2, 0.25) is 0 Å². The number of hydrogen-bond donors (Lipinski definition) is 1. The van der Waals surface area contributed by atoms with Crippen LogP contribution in [0.15, 0.2) is 0 Å². The van der Waals surface area contributed by atoms with Crippen molar-refractivity contribution < 1.29 is 0 Å². The second-order valence-electron chi connectivity index (χ2n) is 6.62. The van der Waals surface area contributed by atoms with Crippen LogP contribution in [0.4, 0.5) is 0 Å². The van der Waals surface area contributed by atoms with E-state index in [4.69, 9.17) is 0 Å². The second kappa shape index (κ2) is 7.61. The van der Waals surface area contributed by atoms with Crippen LogP contribution in [0.1, 0.15) is 52.9 Å². The van der Waals surface area contributed by atoms with E-state index in [1.807, 2.05) is 0 Å². The van der Waals surface area contributed by atoms with Crippen LogP contribution in [-0.4, -0.2) is 60.6 Å². The van der Waals surface area contributed by atoms with Crippen molar-refractivity contribution >= 4 is 0 Å². The first-order valence-corrected chi connectivity index (χ1v) is 8.42. The summed E-state index contributed by atoms with van der Waals surface area (Å²) >= 11 is 0. The Kier molecular flexibility index (Phi) is 6.11. The standard InChI is InChI=1S/C16H33N3/c1-4-8-17-14(2)12-15(3)19-11-7-16(13-19)18-9-5-6-10-18/h14-17H,4-13H2,1-3H3. The highest BCUT2D eigenvalue weighted by Gasteiger charge is 2.31. The highest BCUT2D eigenvalue weighted by molar-refractivity contribution is 4.88. The monoisotopic (exact) mass is 267 g/mol. The number of likely N-dealkylation sites (tertiary alicyclic amines) is 2. The molecule has 0 spiro atoms. The zero-order valence-corrected chi connectivity index (χ0v) is 13.2. The maximum Gasteiger partial charge on any atom is 0.0235 e. The molecule has 1 N–H and O–H groups in total. The summed E-state index contributed by atoms with van der Waals surface area (Å²) in [6, 6.07) is 2.23. The summed E-state index contributed by atoms with van der Waals surface area (Å²) < 4.78 is 0. The van der Waals surface area contributed by atoms with Gasteiger partial charge in [-0.3, -0.25) is 9.80 Å². The predicted octanol–water partition coefficient (Wildman–Crippen LogP) is 2.32. The molecule has 0 bridgehead atoms. The summed E-state index contributed by atoms with van der Waals surface area (Å²) in [5, 5.41) is 3.62. The Balaban J connectivity index is 1.70. The zero-order chi connectivity index (χ0) is 13.7. The number of nitrogens with one attached hydrogen (secondary N) is 1. The van der Waals surface area contributed by atoms with E-state index < -0.39 is 0 Å². The Bertz CT molecular complexity index is 250. The molecule has 3 nitrogen and oxygen atoms in total. The first-order valence-electron chi connectivity index (χ1n) is 8.42. The van der Waals surface area contributed by atoms with Crippen LogP contribution >= 0.6 is 0 Å². The van der Waals surface area contributed by atoms with E-state index >= 15 is 0 Å². The van der Waals surface area contributed by atoms with Gasteiger partial charge in [-0.1, -0.05) is 6.92 Å². The van der Waals surface area contributed by atoms with Gasteiger partial charge in [-0.25, -0.2) is 0 Å². The van der Waals surface area contributed by atoms with Gasteiger partial charge in [0.05, 0.1) is 0 Å². The van der Waals surface area contributed by atoms with Crippen LogP contribution in [0, 0.1) is 0 Å². The first-order chi connectivity index (χ1) is 9.20. The molecule has 112 valence electrons.